The Bertz CT molecular complexity index is 727. The molecule has 0 radical (unpaired) electrons. The molecule has 25 heavy (non-hydrogen) atoms. The minimum absolute atomic E-state index is 0.0911. The highest BCUT2D eigenvalue weighted by Crippen LogP contribution is 2.23. The lowest BCUT2D eigenvalue weighted by atomic mass is 10.1. The Hall–Kier alpha value is -2.37. The highest BCUT2D eigenvalue weighted by atomic mass is 19.1. The van der Waals surface area contributed by atoms with E-state index in [-0.39, 0.29) is 17.8 Å². The minimum atomic E-state index is -0.299. The highest BCUT2D eigenvalue weighted by Gasteiger charge is 2.25. The first-order valence-electron chi connectivity index (χ1n) is 8.72. The lowest BCUT2D eigenvalue weighted by molar-refractivity contribution is -0.133. The smallest absolute Gasteiger partial charge is 0.226 e. The molecule has 1 aromatic carbocycles. The molecule has 1 unspecified atom stereocenters. The van der Waals surface area contributed by atoms with Crippen molar-refractivity contribution in [1.82, 2.24) is 14.7 Å². The molecule has 1 aliphatic rings. The van der Waals surface area contributed by atoms with Crippen molar-refractivity contribution in [2.75, 3.05) is 19.7 Å². The molecule has 0 N–H and O–H groups in total. The van der Waals surface area contributed by atoms with Crippen molar-refractivity contribution in [1.29, 1.82) is 0 Å². The van der Waals surface area contributed by atoms with Crippen LogP contribution in [0.25, 0.3) is 0 Å². The lowest BCUT2D eigenvalue weighted by Gasteiger charge is -2.33. The van der Waals surface area contributed by atoms with Crippen LogP contribution in [0.3, 0.4) is 0 Å². The Balaban J connectivity index is 1.51. The van der Waals surface area contributed by atoms with Gasteiger partial charge in [-0.05, 0) is 57.0 Å². The Kier molecular flexibility index (Phi) is 5.36. The van der Waals surface area contributed by atoms with Gasteiger partial charge in [0.15, 0.2) is 0 Å². The summed E-state index contributed by atoms with van der Waals surface area (Å²) < 4.78 is 20.4. The SMILES string of the molecule is Cc1cc(C)n(C2CCCN(C(=O)CCOc3ccc(F)cc3)C2)n1. The summed E-state index contributed by atoms with van der Waals surface area (Å²) in [5.74, 6) is 0.369. The van der Waals surface area contributed by atoms with E-state index in [9.17, 15) is 9.18 Å². The molecule has 1 aromatic heterocycles. The Labute approximate surface area is 147 Å². The van der Waals surface area contributed by atoms with Gasteiger partial charge in [-0.3, -0.25) is 9.48 Å². The van der Waals surface area contributed by atoms with Crippen LogP contribution in [0.5, 0.6) is 5.75 Å². The van der Waals surface area contributed by atoms with Crippen molar-refractivity contribution in [2.45, 2.75) is 39.2 Å². The molecule has 0 bridgehead atoms. The number of halogens is 1. The standard InChI is InChI=1S/C19H24FN3O2/c1-14-12-15(2)23(21-14)17-4-3-10-22(13-17)19(24)9-11-25-18-7-5-16(20)6-8-18/h5-8,12,17H,3-4,9-11,13H2,1-2H3. The van der Waals surface area contributed by atoms with Gasteiger partial charge in [-0.25, -0.2) is 4.39 Å². The predicted octanol–water partition coefficient (Wildman–Crippen LogP) is 3.27. The number of aryl methyl sites for hydroxylation is 2. The largest absolute Gasteiger partial charge is 0.493 e. The van der Waals surface area contributed by atoms with E-state index < -0.39 is 0 Å². The van der Waals surface area contributed by atoms with Gasteiger partial charge in [0, 0.05) is 18.8 Å². The van der Waals surface area contributed by atoms with Gasteiger partial charge >= 0.3 is 0 Å². The van der Waals surface area contributed by atoms with Crippen molar-refractivity contribution in [3.63, 3.8) is 0 Å². The third-order valence-corrected chi connectivity index (χ3v) is 4.54. The summed E-state index contributed by atoms with van der Waals surface area (Å²) >= 11 is 0. The van der Waals surface area contributed by atoms with Crippen LogP contribution in [0.1, 0.15) is 36.7 Å². The zero-order valence-corrected chi connectivity index (χ0v) is 14.7. The molecule has 1 saturated heterocycles. The second-order valence-corrected chi connectivity index (χ2v) is 6.56. The number of nitrogens with zero attached hydrogens (tertiary/aromatic N) is 3. The van der Waals surface area contributed by atoms with Crippen LogP contribution in [-0.4, -0.2) is 40.3 Å². The number of hydrogen-bond donors (Lipinski definition) is 0. The molecular formula is C19H24FN3O2. The van der Waals surface area contributed by atoms with Gasteiger partial charge in [-0.2, -0.15) is 5.10 Å². The summed E-state index contributed by atoms with van der Waals surface area (Å²) in [6, 6.07) is 8.14. The van der Waals surface area contributed by atoms with Gasteiger partial charge in [-0.1, -0.05) is 0 Å². The van der Waals surface area contributed by atoms with Gasteiger partial charge in [0.1, 0.15) is 11.6 Å². The molecule has 134 valence electrons. The van der Waals surface area contributed by atoms with Crippen LogP contribution >= 0.6 is 0 Å². The van der Waals surface area contributed by atoms with Crippen molar-refractivity contribution >= 4 is 5.91 Å². The zero-order valence-electron chi connectivity index (χ0n) is 14.7. The number of hydrogen-bond acceptors (Lipinski definition) is 3. The Morgan fingerprint density at radius 1 is 1.32 bits per heavy atom. The van der Waals surface area contributed by atoms with Crippen molar-refractivity contribution in [3.05, 3.63) is 47.5 Å². The molecular weight excluding hydrogens is 321 g/mol. The van der Waals surface area contributed by atoms with Crippen LogP contribution in [0.4, 0.5) is 4.39 Å². The second kappa shape index (κ2) is 7.68. The molecule has 2 heterocycles. The summed E-state index contributed by atoms with van der Waals surface area (Å²) in [7, 11) is 0. The van der Waals surface area contributed by atoms with Gasteiger partial charge in [0.05, 0.1) is 24.8 Å². The number of ether oxygens (including phenoxy) is 1. The summed E-state index contributed by atoms with van der Waals surface area (Å²) in [5, 5.41) is 4.56. The van der Waals surface area contributed by atoms with Crippen LogP contribution in [-0.2, 0) is 4.79 Å². The maximum absolute atomic E-state index is 12.9. The maximum atomic E-state index is 12.9. The van der Waals surface area contributed by atoms with Gasteiger partial charge in [-0.15, -0.1) is 0 Å². The number of carbonyl (C=O) groups is 1. The van der Waals surface area contributed by atoms with Gasteiger partial charge < -0.3 is 9.64 Å². The predicted molar refractivity (Wildman–Crippen MR) is 93.1 cm³/mol. The molecule has 2 aromatic rings. The van der Waals surface area contributed by atoms with E-state index in [0.29, 0.717) is 25.3 Å². The number of piperidine rings is 1. The Morgan fingerprint density at radius 3 is 2.76 bits per heavy atom. The van der Waals surface area contributed by atoms with Crippen molar-refractivity contribution in [3.8, 4) is 5.75 Å². The van der Waals surface area contributed by atoms with Crippen molar-refractivity contribution in [2.24, 2.45) is 0 Å². The second-order valence-electron chi connectivity index (χ2n) is 6.56. The van der Waals surface area contributed by atoms with E-state index in [1.54, 1.807) is 12.1 Å². The molecule has 0 spiro atoms. The lowest BCUT2D eigenvalue weighted by Crippen LogP contribution is -2.41. The molecule has 1 atom stereocenters. The number of benzene rings is 1. The van der Waals surface area contributed by atoms with Crippen LogP contribution in [0.15, 0.2) is 30.3 Å². The van der Waals surface area contributed by atoms with Crippen molar-refractivity contribution < 1.29 is 13.9 Å². The van der Waals surface area contributed by atoms with Gasteiger partial charge in [0.25, 0.3) is 0 Å². The van der Waals surface area contributed by atoms with Crippen LogP contribution in [0.2, 0.25) is 0 Å². The molecule has 3 rings (SSSR count). The first-order chi connectivity index (χ1) is 12.0. The molecule has 0 aliphatic carbocycles. The first-order valence-corrected chi connectivity index (χ1v) is 8.72. The Morgan fingerprint density at radius 2 is 2.08 bits per heavy atom. The summed E-state index contributed by atoms with van der Waals surface area (Å²) in [6.45, 7) is 5.81. The molecule has 1 fully saturated rings. The van der Waals surface area contributed by atoms with E-state index in [2.05, 4.69) is 18.1 Å². The monoisotopic (exact) mass is 345 g/mol. The molecule has 5 nitrogen and oxygen atoms in total. The van der Waals surface area contributed by atoms with E-state index in [1.807, 2.05) is 16.5 Å². The average molecular weight is 345 g/mol. The third kappa shape index (κ3) is 4.38. The third-order valence-electron chi connectivity index (χ3n) is 4.54. The van der Waals surface area contributed by atoms with Gasteiger partial charge in [0.2, 0.25) is 5.91 Å². The van der Waals surface area contributed by atoms with Crippen LogP contribution in [0, 0.1) is 19.7 Å². The normalized spacial score (nSPS) is 17.6. The fourth-order valence-electron chi connectivity index (χ4n) is 3.34. The number of rotatable bonds is 5. The maximum Gasteiger partial charge on any atom is 0.226 e. The highest BCUT2D eigenvalue weighted by molar-refractivity contribution is 5.76. The topological polar surface area (TPSA) is 47.4 Å². The number of amides is 1. The fourth-order valence-corrected chi connectivity index (χ4v) is 3.34. The van der Waals surface area contributed by atoms with E-state index >= 15 is 0 Å². The zero-order chi connectivity index (χ0) is 17.8. The molecule has 6 heteroatoms. The van der Waals surface area contributed by atoms with E-state index in [4.69, 9.17) is 4.74 Å². The summed E-state index contributed by atoms with van der Waals surface area (Å²) in [5.41, 5.74) is 2.14. The van der Waals surface area contributed by atoms with E-state index in [0.717, 1.165) is 30.8 Å². The van der Waals surface area contributed by atoms with E-state index in [1.165, 1.54) is 12.1 Å². The number of aromatic nitrogens is 2. The average Bonchev–Trinajstić information content (AvgIpc) is 2.95. The fraction of sp³-hybridized carbons (Fsp3) is 0.474. The molecule has 1 aliphatic heterocycles. The molecule has 1 amide bonds. The van der Waals surface area contributed by atoms with Crippen LogP contribution < -0.4 is 4.74 Å². The molecule has 0 saturated carbocycles. The number of likely N-dealkylation sites (tertiary alicyclic amines) is 1. The summed E-state index contributed by atoms with van der Waals surface area (Å²) in [4.78, 5) is 14.4. The number of carbonyl (C=O) groups excluding carboxylic acids is 1. The minimum Gasteiger partial charge on any atom is -0.493 e. The quantitative estimate of drug-likeness (QED) is 0.836. The first kappa shape index (κ1) is 17.5. The summed E-state index contributed by atoms with van der Waals surface area (Å²) in [6.07, 6.45) is 2.34.